The Balaban J connectivity index is 1.99. The summed E-state index contributed by atoms with van der Waals surface area (Å²) >= 11 is 0. The second kappa shape index (κ2) is 9.80. The van der Waals surface area contributed by atoms with Gasteiger partial charge in [0.2, 0.25) is 0 Å². The minimum absolute atomic E-state index is 0.0712. The van der Waals surface area contributed by atoms with Gasteiger partial charge < -0.3 is 29.2 Å². The van der Waals surface area contributed by atoms with Crippen LogP contribution in [0.3, 0.4) is 0 Å². The van der Waals surface area contributed by atoms with Gasteiger partial charge in [0.05, 0.1) is 25.3 Å². The number of hydrogen-bond donors (Lipinski definition) is 2. The van der Waals surface area contributed by atoms with E-state index in [-0.39, 0.29) is 34.1 Å². The van der Waals surface area contributed by atoms with Gasteiger partial charge in [0.1, 0.15) is 11.2 Å². The number of rotatable bonds is 9. The first-order valence-electron chi connectivity index (χ1n) is 10.1. The zero-order chi connectivity index (χ0) is 24.1. The lowest BCUT2D eigenvalue weighted by molar-refractivity contribution is -0.0325. The normalized spacial score (nSPS) is 11.6. The third kappa shape index (κ3) is 6.54. The molecule has 8 nitrogen and oxygen atoms in total. The largest absolute Gasteiger partial charge is 0.504 e. The standard InChI is InChI=1S/C24H30O8/c1-23(2,31-21(27)15-7-9-17(25)19(13-15)29-5)11-12-24(3,4)32-22(28)16-8-10-18(26)20(14-16)30-6/h7-10,13-14,25-26H,11-12H2,1-6H3. The zero-order valence-electron chi connectivity index (χ0n) is 19.2. The van der Waals surface area contributed by atoms with Gasteiger partial charge in [-0.1, -0.05) is 0 Å². The molecule has 0 atom stereocenters. The second-order valence-electron chi connectivity index (χ2n) is 8.57. The highest BCUT2D eigenvalue weighted by Crippen LogP contribution is 2.31. The first kappa shape index (κ1) is 24.8. The Morgan fingerprint density at radius 3 is 1.38 bits per heavy atom. The van der Waals surface area contributed by atoms with Crippen LogP contribution in [0, 0.1) is 0 Å². The van der Waals surface area contributed by atoms with E-state index in [4.69, 9.17) is 18.9 Å². The summed E-state index contributed by atoms with van der Waals surface area (Å²) in [6.45, 7) is 7.08. The molecule has 0 saturated heterocycles. The number of hydrogen-bond acceptors (Lipinski definition) is 8. The molecule has 0 aliphatic heterocycles. The molecule has 0 aliphatic rings. The van der Waals surface area contributed by atoms with E-state index in [1.807, 2.05) is 0 Å². The third-order valence-electron chi connectivity index (χ3n) is 4.90. The number of methoxy groups -OCH3 is 2. The van der Waals surface area contributed by atoms with E-state index in [9.17, 15) is 19.8 Å². The van der Waals surface area contributed by atoms with E-state index in [1.165, 1.54) is 50.6 Å². The molecule has 174 valence electrons. The zero-order valence-corrected chi connectivity index (χ0v) is 19.2. The third-order valence-corrected chi connectivity index (χ3v) is 4.90. The van der Waals surface area contributed by atoms with Crippen molar-refractivity contribution < 1.29 is 38.7 Å². The van der Waals surface area contributed by atoms with E-state index >= 15 is 0 Å². The molecule has 0 fully saturated rings. The average molecular weight is 446 g/mol. The summed E-state index contributed by atoms with van der Waals surface area (Å²) in [4.78, 5) is 25.1. The highest BCUT2D eigenvalue weighted by molar-refractivity contribution is 5.91. The van der Waals surface area contributed by atoms with Gasteiger partial charge in [-0.3, -0.25) is 0 Å². The van der Waals surface area contributed by atoms with Gasteiger partial charge in [0, 0.05) is 0 Å². The summed E-state index contributed by atoms with van der Waals surface area (Å²) in [6, 6.07) is 8.45. The summed E-state index contributed by atoms with van der Waals surface area (Å²) < 4.78 is 21.3. The van der Waals surface area contributed by atoms with Crippen LogP contribution in [0.2, 0.25) is 0 Å². The van der Waals surface area contributed by atoms with E-state index in [1.54, 1.807) is 27.7 Å². The molecule has 0 bridgehead atoms. The maximum Gasteiger partial charge on any atom is 0.338 e. The Morgan fingerprint density at radius 2 is 1.06 bits per heavy atom. The minimum Gasteiger partial charge on any atom is -0.504 e. The van der Waals surface area contributed by atoms with Crippen molar-refractivity contribution in [1.29, 1.82) is 0 Å². The summed E-state index contributed by atoms with van der Waals surface area (Å²) in [6.07, 6.45) is 0.847. The predicted octanol–water partition coefficient (Wildman–Crippen LogP) is 4.47. The van der Waals surface area contributed by atoms with Crippen LogP contribution in [0.25, 0.3) is 0 Å². The van der Waals surface area contributed by atoms with E-state index in [0.717, 1.165) is 0 Å². The topological polar surface area (TPSA) is 112 Å². The molecule has 8 heteroatoms. The van der Waals surface area contributed by atoms with Gasteiger partial charge in [-0.2, -0.15) is 0 Å². The van der Waals surface area contributed by atoms with Crippen molar-refractivity contribution in [2.75, 3.05) is 14.2 Å². The predicted molar refractivity (Wildman–Crippen MR) is 118 cm³/mol. The van der Waals surface area contributed by atoms with Crippen LogP contribution in [0.15, 0.2) is 36.4 Å². The molecule has 2 rings (SSSR count). The molecule has 0 aliphatic carbocycles. The first-order chi connectivity index (χ1) is 14.9. The summed E-state index contributed by atoms with van der Waals surface area (Å²) in [5.41, 5.74) is -1.18. The number of carbonyl (C=O) groups excluding carboxylic acids is 2. The molecule has 0 unspecified atom stereocenters. The van der Waals surface area contributed by atoms with Crippen molar-refractivity contribution in [2.24, 2.45) is 0 Å². The minimum atomic E-state index is -0.840. The van der Waals surface area contributed by atoms with Crippen LogP contribution >= 0.6 is 0 Å². The first-order valence-corrected chi connectivity index (χ1v) is 10.1. The van der Waals surface area contributed by atoms with Crippen molar-refractivity contribution in [1.82, 2.24) is 0 Å². The van der Waals surface area contributed by atoms with Crippen LogP contribution in [0.4, 0.5) is 0 Å². The Labute approximate surface area is 187 Å². The van der Waals surface area contributed by atoms with Gasteiger partial charge in [0.15, 0.2) is 23.0 Å². The molecule has 0 heterocycles. The van der Waals surface area contributed by atoms with Crippen LogP contribution in [-0.2, 0) is 9.47 Å². The molecule has 2 aromatic carbocycles. The quantitative estimate of drug-likeness (QED) is 0.543. The SMILES string of the molecule is COc1cc(C(=O)OC(C)(C)CCC(C)(C)OC(=O)c2ccc(O)c(OC)c2)ccc1O. The van der Waals surface area contributed by atoms with Crippen molar-refractivity contribution in [2.45, 2.75) is 51.7 Å². The lowest BCUT2D eigenvalue weighted by Gasteiger charge is -2.31. The molecular formula is C24H30O8. The fourth-order valence-electron chi connectivity index (χ4n) is 2.93. The number of aromatic hydroxyl groups is 2. The van der Waals surface area contributed by atoms with Crippen molar-refractivity contribution in [3.8, 4) is 23.0 Å². The number of phenolic OH excluding ortho intramolecular Hbond substituents is 2. The van der Waals surface area contributed by atoms with E-state index in [0.29, 0.717) is 12.8 Å². The summed E-state index contributed by atoms with van der Waals surface area (Å²) in [7, 11) is 2.79. The lowest BCUT2D eigenvalue weighted by Crippen LogP contribution is -2.34. The molecule has 32 heavy (non-hydrogen) atoms. The van der Waals surface area contributed by atoms with Crippen LogP contribution < -0.4 is 9.47 Å². The molecule has 2 N–H and O–H groups in total. The van der Waals surface area contributed by atoms with Crippen molar-refractivity contribution >= 4 is 11.9 Å². The lowest BCUT2D eigenvalue weighted by atomic mass is 9.93. The molecule has 0 radical (unpaired) electrons. The molecule has 0 aromatic heterocycles. The maximum atomic E-state index is 12.5. The number of phenols is 2. The van der Waals surface area contributed by atoms with E-state index < -0.39 is 23.1 Å². The molecule has 0 saturated carbocycles. The Hall–Kier alpha value is -3.42. The van der Waals surface area contributed by atoms with Crippen molar-refractivity contribution in [3.05, 3.63) is 47.5 Å². The number of carbonyl (C=O) groups is 2. The number of esters is 2. The highest BCUT2D eigenvalue weighted by Gasteiger charge is 2.31. The highest BCUT2D eigenvalue weighted by atomic mass is 16.6. The van der Waals surface area contributed by atoms with E-state index in [2.05, 4.69) is 0 Å². The van der Waals surface area contributed by atoms with Crippen LogP contribution in [0.1, 0.15) is 61.3 Å². The summed E-state index contributed by atoms with van der Waals surface area (Å²) in [5.74, 6) is -0.901. The second-order valence-corrected chi connectivity index (χ2v) is 8.57. The van der Waals surface area contributed by atoms with Gasteiger partial charge in [0.25, 0.3) is 0 Å². The number of ether oxygens (including phenoxy) is 4. The van der Waals surface area contributed by atoms with Gasteiger partial charge >= 0.3 is 11.9 Å². The monoisotopic (exact) mass is 446 g/mol. The maximum absolute atomic E-state index is 12.5. The fourth-order valence-corrected chi connectivity index (χ4v) is 2.93. The molecule has 0 spiro atoms. The van der Waals surface area contributed by atoms with Gasteiger partial charge in [-0.25, -0.2) is 9.59 Å². The average Bonchev–Trinajstić information content (AvgIpc) is 2.72. The Kier molecular flexibility index (Phi) is 7.61. The summed E-state index contributed by atoms with van der Waals surface area (Å²) in [5, 5.41) is 19.4. The van der Waals surface area contributed by atoms with Gasteiger partial charge in [-0.05, 0) is 76.9 Å². The molecular weight excluding hydrogens is 416 g/mol. The Morgan fingerprint density at radius 1 is 0.719 bits per heavy atom. The van der Waals surface area contributed by atoms with Crippen LogP contribution in [-0.4, -0.2) is 47.6 Å². The van der Waals surface area contributed by atoms with Crippen molar-refractivity contribution in [3.63, 3.8) is 0 Å². The van der Waals surface area contributed by atoms with Crippen LogP contribution in [0.5, 0.6) is 23.0 Å². The molecule has 0 amide bonds. The van der Waals surface area contributed by atoms with Gasteiger partial charge in [-0.15, -0.1) is 0 Å². The smallest absolute Gasteiger partial charge is 0.338 e. The number of benzene rings is 2. The molecule has 2 aromatic rings. The Bertz CT molecular complexity index is 898. The fraction of sp³-hybridized carbons (Fsp3) is 0.417.